The Balaban J connectivity index is 1.60. The van der Waals surface area contributed by atoms with E-state index in [4.69, 9.17) is 0 Å². The summed E-state index contributed by atoms with van der Waals surface area (Å²) in [6.07, 6.45) is 0.270. The summed E-state index contributed by atoms with van der Waals surface area (Å²) in [6.45, 7) is 0.699. The van der Waals surface area contributed by atoms with Crippen molar-refractivity contribution in [2.24, 2.45) is 5.41 Å². The van der Waals surface area contributed by atoms with Gasteiger partial charge in [-0.3, -0.25) is 19.7 Å². The molecule has 2 amide bonds. The number of benzene rings is 3. The third kappa shape index (κ3) is 3.05. The van der Waals surface area contributed by atoms with Gasteiger partial charge >= 0.3 is 0 Å². The van der Waals surface area contributed by atoms with Crippen LogP contribution in [0.4, 0.5) is 0 Å². The Morgan fingerprint density at radius 1 is 0.833 bits per heavy atom. The standard InChI is InChI=1S/C29H27N3O4/c1-30-17-16-29(27(30)33)24(20-12-6-3-7-13-20)26(32(35)36)25-22-15-9-8-14-21(22)23(18-31(25)28(29)34)19-10-4-2-5-11-19/h2-15,23-26H,16-18H2,1H3/t23-,24-,25+,26-,29+/m0/s1. The molecule has 0 unspecified atom stereocenters. The lowest BCUT2D eigenvalue weighted by Gasteiger charge is -2.52. The zero-order chi connectivity index (χ0) is 25.0. The van der Waals surface area contributed by atoms with Gasteiger partial charge in [-0.25, -0.2) is 0 Å². The summed E-state index contributed by atoms with van der Waals surface area (Å²) < 4.78 is 0. The van der Waals surface area contributed by atoms with Crippen LogP contribution in [0, 0.1) is 15.5 Å². The van der Waals surface area contributed by atoms with Crippen LogP contribution in [-0.2, 0) is 9.59 Å². The number of hydrogen-bond acceptors (Lipinski definition) is 4. The minimum atomic E-state index is -1.49. The summed E-state index contributed by atoms with van der Waals surface area (Å²) in [5.41, 5.74) is 2.02. The fourth-order valence-corrected chi connectivity index (χ4v) is 6.84. The Labute approximate surface area is 209 Å². The van der Waals surface area contributed by atoms with Crippen molar-refractivity contribution < 1.29 is 14.5 Å². The van der Waals surface area contributed by atoms with Crippen LogP contribution in [0.25, 0.3) is 0 Å². The second kappa shape index (κ2) is 8.29. The Kier molecular flexibility index (Phi) is 5.18. The molecule has 7 heteroatoms. The van der Waals surface area contributed by atoms with E-state index in [0.717, 1.165) is 16.7 Å². The molecule has 0 aromatic heterocycles. The van der Waals surface area contributed by atoms with Gasteiger partial charge in [0.05, 0.1) is 5.92 Å². The lowest BCUT2D eigenvalue weighted by Crippen LogP contribution is -2.65. The SMILES string of the molecule is CN1CC[C@@]2(C1=O)C(=O)N1C[C@@H](c3ccccc3)c3ccccc3[C@@H]1[C@@H]([N+](=O)[O-])[C@@H]2c1ccccc1. The Hall–Kier alpha value is -4.00. The van der Waals surface area contributed by atoms with Gasteiger partial charge in [0.1, 0.15) is 11.5 Å². The van der Waals surface area contributed by atoms with Gasteiger partial charge in [-0.2, -0.15) is 0 Å². The lowest BCUT2D eigenvalue weighted by atomic mass is 9.60. The van der Waals surface area contributed by atoms with Crippen molar-refractivity contribution >= 4 is 11.8 Å². The highest BCUT2D eigenvalue weighted by Gasteiger charge is 2.70. The number of carbonyl (C=O) groups excluding carboxylic acids is 2. The van der Waals surface area contributed by atoms with Gasteiger partial charge in [0.15, 0.2) is 0 Å². The largest absolute Gasteiger partial charge is 0.345 e. The molecule has 0 radical (unpaired) electrons. The summed E-state index contributed by atoms with van der Waals surface area (Å²) >= 11 is 0. The van der Waals surface area contributed by atoms with Crippen LogP contribution in [0.1, 0.15) is 46.6 Å². The molecule has 2 saturated heterocycles. The molecule has 3 aromatic carbocycles. The quantitative estimate of drug-likeness (QED) is 0.322. The van der Waals surface area contributed by atoms with E-state index in [1.54, 1.807) is 16.8 Å². The monoisotopic (exact) mass is 481 g/mol. The van der Waals surface area contributed by atoms with Gasteiger partial charge in [-0.1, -0.05) is 84.9 Å². The molecule has 182 valence electrons. The van der Waals surface area contributed by atoms with E-state index in [1.165, 1.54) is 0 Å². The zero-order valence-electron chi connectivity index (χ0n) is 20.0. The van der Waals surface area contributed by atoms with E-state index in [2.05, 4.69) is 0 Å². The first-order valence-electron chi connectivity index (χ1n) is 12.3. The fraction of sp³-hybridized carbons (Fsp3) is 0.310. The number of piperidine rings is 1. The highest BCUT2D eigenvalue weighted by molar-refractivity contribution is 6.08. The fourth-order valence-electron chi connectivity index (χ4n) is 6.84. The number of nitro groups is 1. The van der Waals surface area contributed by atoms with E-state index < -0.39 is 23.4 Å². The average molecular weight is 482 g/mol. The average Bonchev–Trinajstić information content (AvgIpc) is 3.20. The maximum atomic E-state index is 14.5. The van der Waals surface area contributed by atoms with Crippen LogP contribution in [0.2, 0.25) is 0 Å². The predicted molar refractivity (Wildman–Crippen MR) is 134 cm³/mol. The third-order valence-electron chi connectivity index (χ3n) is 8.42. The van der Waals surface area contributed by atoms with Crippen molar-refractivity contribution in [1.82, 2.24) is 9.80 Å². The van der Waals surface area contributed by atoms with E-state index in [1.807, 2.05) is 84.9 Å². The molecular formula is C29H27N3O4. The molecule has 1 spiro atoms. The van der Waals surface area contributed by atoms with E-state index >= 15 is 0 Å². The smallest absolute Gasteiger partial charge is 0.245 e. The number of rotatable bonds is 3. The van der Waals surface area contributed by atoms with Gasteiger partial charge in [0.2, 0.25) is 17.9 Å². The van der Waals surface area contributed by atoms with E-state index in [0.29, 0.717) is 18.7 Å². The molecular weight excluding hydrogens is 454 g/mol. The lowest BCUT2D eigenvalue weighted by molar-refractivity contribution is -0.540. The summed E-state index contributed by atoms with van der Waals surface area (Å²) in [5.74, 6) is -1.60. The minimum absolute atomic E-state index is 0.130. The molecule has 3 aromatic rings. The predicted octanol–water partition coefficient (Wildman–Crippen LogP) is 3.99. The van der Waals surface area contributed by atoms with Crippen LogP contribution < -0.4 is 0 Å². The number of hydrogen-bond donors (Lipinski definition) is 0. The number of fused-ring (bicyclic) bond motifs is 3. The number of nitrogens with zero attached hydrogens (tertiary/aromatic N) is 3. The summed E-state index contributed by atoms with van der Waals surface area (Å²) in [4.78, 5) is 44.2. The highest BCUT2D eigenvalue weighted by atomic mass is 16.6. The molecule has 0 aliphatic carbocycles. The summed E-state index contributed by atoms with van der Waals surface area (Å²) in [5, 5.41) is 12.9. The molecule has 0 N–H and O–H groups in total. The van der Waals surface area contributed by atoms with Gasteiger partial charge in [0, 0.05) is 31.0 Å². The number of likely N-dealkylation sites (tertiary alicyclic amines) is 1. The third-order valence-corrected chi connectivity index (χ3v) is 8.42. The van der Waals surface area contributed by atoms with Crippen molar-refractivity contribution in [3.05, 3.63) is 117 Å². The van der Waals surface area contributed by atoms with E-state index in [-0.39, 0.29) is 29.1 Å². The maximum Gasteiger partial charge on any atom is 0.245 e. The van der Waals surface area contributed by atoms with Gasteiger partial charge in [0.25, 0.3) is 0 Å². The molecule has 36 heavy (non-hydrogen) atoms. The van der Waals surface area contributed by atoms with Crippen LogP contribution in [0.3, 0.4) is 0 Å². The van der Waals surface area contributed by atoms with Gasteiger partial charge in [-0.15, -0.1) is 0 Å². The molecule has 0 bridgehead atoms. The highest BCUT2D eigenvalue weighted by Crippen LogP contribution is 2.58. The van der Waals surface area contributed by atoms with Crippen LogP contribution in [0.5, 0.6) is 0 Å². The zero-order valence-corrected chi connectivity index (χ0v) is 20.0. The Morgan fingerprint density at radius 2 is 1.42 bits per heavy atom. The number of amides is 2. The first-order valence-corrected chi connectivity index (χ1v) is 12.3. The van der Waals surface area contributed by atoms with Crippen molar-refractivity contribution in [2.75, 3.05) is 20.1 Å². The van der Waals surface area contributed by atoms with Crippen molar-refractivity contribution in [3.63, 3.8) is 0 Å². The molecule has 6 rings (SSSR count). The second-order valence-corrected chi connectivity index (χ2v) is 10.1. The molecule has 2 fully saturated rings. The molecule has 5 atom stereocenters. The molecule has 3 aliphatic rings. The molecule has 3 heterocycles. The number of carbonyl (C=O) groups is 2. The minimum Gasteiger partial charge on any atom is -0.345 e. The van der Waals surface area contributed by atoms with Crippen LogP contribution >= 0.6 is 0 Å². The first kappa shape index (κ1) is 22.5. The van der Waals surface area contributed by atoms with Gasteiger partial charge < -0.3 is 9.80 Å². The topological polar surface area (TPSA) is 83.8 Å². The van der Waals surface area contributed by atoms with Gasteiger partial charge in [-0.05, 0) is 28.7 Å². The van der Waals surface area contributed by atoms with Crippen molar-refractivity contribution in [2.45, 2.75) is 30.3 Å². The summed E-state index contributed by atoms with van der Waals surface area (Å²) in [6, 6.07) is 24.9. The molecule has 3 aliphatic heterocycles. The van der Waals surface area contributed by atoms with E-state index in [9.17, 15) is 19.7 Å². The van der Waals surface area contributed by atoms with Crippen molar-refractivity contribution in [1.29, 1.82) is 0 Å². The second-order valence-electron chi connectivity index (χ2n) is 10.1. The van der Waals surface area contributed by atoms with Crippen LogP contribution in [0.15, 0.2) is 84.9 Å². The first-order chi connectivity index (χ1) is 17.4. The summed E-state index contributed by atoms with van der Waals surface area (Å²) in [7, 11) is 1.68. The molecule has 7 nitrogen and oxygen atoms in total. The maximum absolute atomic E-state index is 14.5. The Bertz CT molecular complexity index is 1340. The molecule has 0 saturated carbocycles. The Morgan fingerprint density at radius 3 is 2.00 bits per heavy atom. The van der Waals surface area contributed by atoms with Crippen molar-refractivity contribution in [3.8, 4) is 0 Å². The van der Waals surface area contributed by atoms with Crippen LogP contribution in [-0.4, -0.2) is 52.7 Å². The normalized spacial score (nSPS) is 29.2.